The first-order valence-corrected chi connectivity index (χ1v) is 6.82. The average Bonchev–Trinajstić information content (AvgIpc) is 2.31. The Morgan fingerprint density at radius 1 is 1.18 bits per heavy atom. The van der Waals surface area contributed by atoms with Crippen LogP contribution in [0.4, 0.5) is 0 Å². The molecule has 1 heterocycles. The van der Waals surface area contributed by atoms with Crippen molar-refractivity contribution in [2.45, 2.75) is 44.6 Å². The second-order valence-corrected chi connectivity index (χ2v) is 5.07. The van der Waals surface area contributed by atoms with E-state index in [1.807, 2.05) is 0 Å². The molecule has 0 spiro atoms. The molecule has 0 amide bonds. The SMILES string of the molecule is O=C(COC1CCNCC1)OCCC1CCC1. The molecule has 0 aromatic heterocycles. The van der Waals surface area contributed by atoms with Crippen LogP contribution in [0.5, 0.6) is 0 Å². The van der Waals surface area contributed by atoms with Crippen LogP contribution in [0, 0.1) is 5.92 Å². The highest BCUT2D eigenvalue weighted by Crippen LogP contribution is 2.29. The standard InChI is InChI=1S/C13H23NO3/c15-13(16-9-6-11-2-1-3-11)10-17-12-4-7-14-8-5-12/h11-12,14H,1-10H2. The fraction of sp³-hybridized carbons (Fsp3) is 0.923. The van der Waals surface area contributed by atoms with Gasteiger partial charge in [0.25, 0.3) is 0 Å². The summed E-state index contributed by atoms with van der Waals surface area (Å²) in [5.74, 6) is 0.594. The lowest BCUT2D eigenvalue weighted by molar-refractivity contribution is -0.152. The summed E-state index contributed by atoms with van der Waals surface area (Å²) in [5, 5.41) is 3.27. The molecule has 2 aliphatic rings. The molecule has 1 saturated carbocycles. The lowest BCUT2D eigenvalue weighted by Gasteiger charge is -2.25. The molecule has 1 N–H and O–H groups in total. The summed E-state index contributed by atoms with van der Waals surface area (Å²) in [4.78, 5) is 11.4. The third kappa shape index (κ3) is 4.64. The van der Waals surface area contributed by atoms with Gasteiger partial charge in [-0.05, 0) is 38.3 Å². The maximum Gasteiger partial charge on any atom is 0.332 e. The number of esters is 1. The van der Waals surface area contributed by atoms with Crippen molar-refractivity contribution in [1.82, 2.24) is 5.32 Å². The molecule has 0 unspecified atom stereocenters. The Hall–Kier alpha value is -0.610. The minimum Gasteiger partial charge on any atom is -0.464 e. The van der Waals surface area contributed by atoms with Crippen molar-refractivity contribution >= 4 is 5.97 Å². The van der Waals surface area contributed by atoms with E-state index in [9.17, 15) is 4.79 Å². The average molecular weight is 241 g/mol. The lowest BCUT2D eigenvalue weighted by atomic mass is 9.83. The summed E-state index contributed by atoms with van der Waals surface area (Å²) >= 11 is 0. The number of hydrogen-bond donors (Lipinski definition) is 1. The summed E-state index contributed by atoms with van der Waals surface area (Å²) in [6.45, 7) is 2.66. The van der Waals surface area contributed by atoms with Crippen molar-refractivity contribution in [3.63, 3.8) is 0 Å². The third-order valence-corrected chi connectivity index (χ3v) is 3.74. The van der Waals surface area contributed by atoms with Crippen LogP contribution in [-0.4, -0.2) is 38.4 Å². The third-order valence-electron chi connectivity index (χ3n) is 3.74. The predicted molar refractivity (Wildman–Crippen MR) is 64.8 cm³/mol. The van der Waals surface area contributed by atoms with Gasteiger partial charge in [-0.15, -0.1) is 0 Å². The van der Waals surface area contributed by atoms with Gasteiger partial charge in [0.1, 0.15) is 6.61 Å². The fourth-order valence-electron chi connectivity index (χ4n) is 2.31. The molecular formula is C13H23NO3. The quantitative estimate of drug-likeness (QED) is 0.716. The van der Waals surface area contributed by atoms with E-state index < -0.39 is 0 Å². The monoisotopic (exact) mass is 241 g/mol. The molecule has 2 rings (SSSR count). The number of carbonyl (C=O) groups is 1. The van der Waals surface area contributed by atoms with E-state index in [-0.39, 0.29) is 18.7 Å². The lowest BCUT2D eigenvalue weighted by Crippen LogP contribution is -2.33. The van der Waals surface area contributed by atoms with E-state index in [4.69, 9.17) is 9.47 Å². The minimum absolute atomic E-state index is 0.120. The van der Waals surface area contributed by atoms with Crippen molar-refractivity contribution in [1.29, 1.82) is 0 Å². The van der Waals surface area contributed by atoms with E-state index in [2.05, 4.69) is 5.32 Å². The van der Waals surface area contributed by atoms with Gasteiger partial charge in [0, 0.05) is 0 Å². The van der Waals surface area contributed by atoms with Crippen LogP contribution in [0.1, 0.15) is 38.5 Å². The van der Waals surface area contributed by atoms with Crippen LogP contribution in [0.15, 0.2) is 0 Å². The number of hydrogen-bond acceptors (Lipinski definition) is 4. The second-order valence-electron chi connectivity index (χ2n) is 5.07. The highest BCUT2D eigenvalue weighted by Gasteiger charge is 2.18. The van der Waals surface area contributed by atoms with Gasteiger partial charge >= 0.3 is 5.97 Å². The molecule has 0 aromatic carbocycles. The topological polar surface area (TPSA) is 47.6 Å². The Bertz CT molecular complexity index is 235. The summed E-state index contributed by atoms with van der Waals surface area (Å²) in [7, 11) is 0. The molecule has 4 heteroatoms. The maximum atomic E-state index is 11.4. The first-order chi connectivity index (χ1) is 8.34. The zero-order chi connectivity index (χ0) is 11.9. The number of piperidine rings is 1. The van der Waals surface area contributed by atoms with Crippen LogP contribution >= 0.6 is 0 Å². The van der Waals surface area contributed by atoms with Gasteiger partial charge < -0.3 is 14.8 Å². The van der Waals surface area contributed by atoms with Gasteiger partial charge in [-0.1, -0.05) is 19.3 Å². The molecule has 2 fully saturated rings. The number of carbonyl (C=O) groups excluding carboxylic acids is 1. The molecule has 0 bridgehead atoms. The first-order valence-electron chi connectivity index (χ1n) is 6.82. The molecule has 1 saturated heterocycles. The van der Waals surface area contributed by atoms with Gasteiger partial charge in [0.15, 0.2) is 0 Å². The zero-order valence-corrected chi connectivity index (χ0v) is 10.5. The number of ether oxygens (including phenoxy) is 2. The van der Waals surface area contributed by atoms with Gasteiger partial charge in [0.2, 0.25) is 0 Å². The molecule has 1 aliphatic heterocycles. The predicted octanol–water partition coefficient (Wildman–Crippen LogP) is 1.49. The van der Waals surface area contributed by atoms with E-state index >= 15 is 0 Å². The highest BCUT2D eigenvalue weighted by atomic mass is 16.6. The van der Waals surface area contributed by atoms with Gasteiger partial charge in [-0.2, -0.15) is 0 Å². The fourth-order valence-corrected chi connectivity index (χ4v) is 2.31. The van der Waals surface area contributed by atoms with Crippen molar-refractivity contribution in [2.24, 2.45) is 5.92 Å². The Morgan fingerprint density at radius 3 is 2.59 bits per heavy atom. The number of nitrogens with one attached hydrogen (secondary N) is 1. The van der Waals surface area contributed by atoms with E-state index in [0.717, 1.165) is 38.3 Å². The Labute approximate surface area is 103 Å². The van der Waals surface area contributed by atoms with Gasteiger partial charge in [-0.25, -0.2) is 4.79 Å². The summed E-state index contributed by atoms with van der Waals surface area (Å²) in [5.41, 5.74) is 0. The minimum atomic E-state index is -0.206. The van der Waals surface area contributed by atoms with Crippen LogP contribution in [0.3, 0.4) is 0 Å². The molecule has 1 aliphatic carbocycles. The van der Waals surface area contributed by atoms with E-state index in [1.54, 1.807) is 0 Å². The Morgan fingerprint density at radius 2 is 1.94 bits per heavy atom. The molecule has 0 aromatic rings. The van der Waals surface area contributed by atoms with Crippen molar-refractivity contribution in [3.05, 3.63) is 0 Å². The Kier molecular flexibility index (Phi) is 5.26. The molecule has 0 radical (unpaired) electrons. The van der Waals surface area contributed by atoms with Crippen molar-refractivity contribution < 1.29 is 14.3 Å². The molecule has 0 atom stereocenters. The summed E-state index contributed by atoms with van der Waals surface area (Å²) in [6.07, 6.45) is 7.21. The normalized spacial score (nSPS) is 22.1. The van der Waals surface area contributed by atoms with Gasteiger partial charge in [0.05, 0.1) is 12.7 Å². The zero-order valence-electron chi connectivity index (χ0n) is 10.5. The molecule has 17 heavy (non-hydrogen) atoms. The van der Waals surface area contributed by atoms with Crippen LogP contribution < -0.4 is 5.32 Å². The maximum absolute atomic E-state index is 11.4. The largest absolute Gasteiger partial charge is 0.464 e. The van der Waals surface area contributed by atoms with Gasteiger partial charge in [-0.3, -0.25) is 0 Å². The molecular weight excluding hydrogens is 218 g/mol. The first kappa shape index (κ1) is 12.8. The van der Waals surface area contributed by atoms with Crippen molar-refractivity contribution in [3.8, 4) is 0 Å². The van der Waals surface area contributed by atoms with Crippen molar-refractivity contribution in [2.75, 3.05) is 26.3 Å². The number of rotatable bonds is 6. The Balaban J connectivity index is 1.47. The van der Waals surface area contributed by atoms with Crippen LogP contribution in [0.2, 0.25) is 0 Å². The molecule has 4 nitrogen and oxygen atoms in total. The van der Waals surface area contributed by atoms with E-state index in [0.29, 0.717) is 6.61 Å². The second kappa shape index (κ2) is 6.97. The van der Waals surface area contributed by atoms with Crippen LogP contribution in [-0.2, 0) is 14.3 Å². The van der Waals surface area contributed by atoms with Crippen LogP contribution in [0.25, 0.3) is 0 Å². The highest BCUT2D eigenvalue weighted by molar-refractivity contribution is 5.70. The van der Waals surface area contributed by atoms with E-state index in [1.165, 1.54) is 19.3 Å². The summed E-state index contributed by atoms with van der Waals surface area (Å²) in [6, 6.07) is 0. The molecule has 98 valence electrons. The smallest absolute Gasteiger partial charge is 0.332 e. The summed E-state index contributed by atoms with van der Waals surface area (Å²) < 4.78 is 10.7.